The van der Waals surface area contributed by atoms with Crippen molar-refractivity contribution < 1.29 is 9.59 Å². The Labute approximate surface area is 155 Å². The Balaban J connectivity index is 1.62. The Morgan fingerprint density at radius 3 is 2.35 bits per heavy atom. The van der Waals surface area contributed by atoms with Crippen molar-refractivity contribution in [1.29, 1.82) is 0 Å². The lowest BCUT2D eigenvalue weighted by atomic mass is 9.89. The third-order valence-corrected chi connectivity index (χ3v) is 6.23. The minimum Gasteiger partial charge on any atom is -0.322 e. The molecule has 0 bridgehead atoms. The predicted molar refractivity (Wildman–Crippen MR) is 103 cm³/mol. The van der Waals surface area contributed by atoms with E-state index in [1.165, 1.54) is 19.3 Å². The van der Waals surface area contributed by atoms with E-state index in [0.29, 0.717) is 6.54 Å². The second-order valence-corrected chi connectivity index (χ2v) is 7.98. The molecule has 5 nitrogen and oxygen atoms in total. The molecule has 0 atom stereocenters. The zero-order valence-electron chi connectivity index (χ0n) is 15.5. The lowest BCUT2D eigenvalue weighted by molar-refractivity contribution is -0.128. The van der Waals surface area contributed by atoms with E-state index in [-0.39, 0.29) is 11.8 Å². The number of anilines is 2. The van der Waals surface area contributed by atoms with Crippen LogP contribution in [0.15, 0.2) is 24.3 Å². The lowest BCUT2D eigenvalue weighted by Gasteiger charge is -2.45. The Kier molecular flexibility index (Phi) is 4.98. The number of carbonyl (C=O) groups is 2. The van der Waals surface area contributed by atoms with Crippen molar-refractivity contribution in [3.8, 4) is 0 Å². The molecular formula is C21H29N3O2. The van der Waals surface area contributed by atoms with Crippen LogP contribution in [-0.4, -0.2) is 41.9 Å². The molecule has 2 heterocycles. The highest BCUT2D eigenvalue weighted by molar-refractivity contribution is 6.15. The van der Waals surface area contributed by atoms with Crippen LogP contribution >= 0.6 is 0 Å². The van der Waals surface area contributed by atoms with Crippen LogP contribution in [0.2, 0.25) is 0 Å². The van der Waals surface area contributed by atoms with Gasteiger partial charge in [0.2, 0.25) is 5.91 Å². The number of nitrogens with one attached hydrogen (secondary N) is 1. The van der Waals surface area contributed by atoms with Gasteiger partial charge >= 0.3 is 0 Å². The van der Waals surface area contributed by atoms with Crippen LogP contribution in [0.3, 0.4) is 0 Å². The number of para-hydroxylation sites is 2. The van der Waals surface area contributed by atoms with E-state index < -0.39 is 5.54 Å². The standard InChI is InChI=1S/C21H29N3O2/c25-19(16-23-14-8-2-1-3-9-15-23)24-18-11-5-4-10-17(18)22-20(26)21(24)12-6-7-13-21/h4-5,10-11H,1-3,6-9,12-16H2,(H,22,26). The van der Waals surface area contributed by atoms with E-state index in [4.69, 9.17) is 0 Å². The SMILES string of the molecule is O=C(CN1CCCCCCC1)N1c2ccccc2NC(=O)C12CCCC2. The first-order valence-electron chi connectivity index (χ1n) is 10.2. The largest absolute Gasteiger partial charge is 0.322 e. The fourth-order valence-corrected chi connectivity index (χ4v) is 4.86. The smallest absolute Gasteiger partial charge is 0.250 e. The van der Waals surface area contributed by atoms with Gasteiger partial charge in [0.25, 0.3) is 5.91 Å². The van der Waals surface area contributed by atoms with E-state index in [1.807, 2.05) is 29.2 Å². The zero-order valence-corrected chi connectivity index (χ0v) is 15.5. The molecule has 1 N–H and O–H groups in total. The zero-order chi connectivity index (χ0) is 18.0. The first-order valence-corrected chi connectivity index (χ1v) is 10.2. The molecule has 2 amide bonds. The van der Waals surface area contributed by atoms with Gasteiger partial charge in [-0.25, -0.2) is 0 Å². The van der Waals surface area contributed by atoms with Crippen molar-refractivity contribution in [2.75, 3.05) is 29.9 Å². The highest BCUT2D eigenvalue weighted by Crippen LogP contribution is 2.45. The number of hydrogen-bond donors (Lipinski definition) is 1. The lowest BCUT2D eigenvalue weighted by Crippen LogP contribution is -2.62. The molecule has 4 rings (SSSR count). The summed E-state index contributed by atoms with van der Waals surface area (Å²) in [5.41, 5.74) is 0.941. The van der Waals surface area contributed by atoms with E-state index in [2.05, 4.69) is 10.2 Å². The van der Waals surface area contributed by atoms with E-state index in [0.717, 1.165) is 63.0 Å². The van der Waals surface area contributed by atoms with E-state index in [1.54, 1.807) is 0 Å². The summed E-state index contributed by atoms with van der Waals surface area (Å²) in [4.78, 5) is 30.6. The molecule has 26 heavy (non-hydrogen) atoms. The van der Waals surface area contributed by atoms with Gasteiger partial charge in [-0.3, -0.25) is 19.4 Å². The van der Waals surface area contributed by atoms with Crippen molar-refractivity contribution in [3.63, 3.8) is 0 Å². The summed E-state index contributed by atoms with van der Waals surface area (Å²) >= 11 is 0. The topological polar surface area (TPSA) is 52.7 Å². The molecule has 2 fully saturated rings. The summed E-state index contributed by atoms with van der Waals surface area (Å²) in [6, 6.07) is 7.73. The Bertz CT molecular complexity index is 674. The van der Waals surface area contributed by atoms with E-state index in [9.17, 15) is 9.59 Å². The molecule has 2 aliphatic heterocycles. The summed E-state index contributed by atoms with van der Waals surface area (Å²) in [7, 11) is 0. The number of benzene rings is 1. The predicted octanol–water partition coefficient (Wildman–Crippen LogP) is 3.55. The molecule has 5 heteroatoms. The molecule has 0 radical (unpaired) electrons. The van der Waals surface area contributed by atoms with Crippen molar-refractivity contribution in [1.82, 2.24) is 4.90 Å². The maximum absolute atomic E-state index is 13.4. The normalized spacial score (nSPS) is 23.2. The molecule has 1 aromatic carbocycles. The number of nitrogens with zero attached hydrogens (tertiary/aromatic N) is 2. The van der Waals surface area contributed by atoms with Gasteiger partial charge in [-0.15, -0.1) is 0 Å². The van der Waals surface area contributed by atoms with Gasteiger partial charge in [0.15, 0.2) is 0 Å². The number of hydrogen-bond acceptors (Lipinski definition) is 3. The monoisotopic (exact) mass is 355 g/mol. The molecule has 0 unspecified atom stereocenters. The van der Waals surface area contributed by atoms with Gasteiger partial charge in [-0.2, -0.15) is 0 Å². The van der Waals surface area contributed by atoms with Crippen LogP contribution in [0, 0.1) is 0 Å². The van der Waals surface area contributed by atoms with Crippen LogP contribution < -0.4 is 10.2 Å². The molecule has 1 aromatic rings. The van der Waals surface area contributed by atoms with Crippen LogP contribution in [0.4, 0.5) is 11.4 Å². The Morgan fingerprint density at radius 1 is 0.962 bits per heavy atom. The third kappa shape index (κ3) is 3.13. The van der Waals surface area contributed by atoms with E-state index >= 15 is 0 Å². The second-order valence-electron chi connectivity index (χ2n) is 7.98. The van der Waals surface area contributed by atoms with Crippen LogP contribution in [0.5, 0.6) is 0 Å². The van der Waals surface area contributed by atoms with Gasteiger partial charge in [-0.05, 0) is 50.9 Å². The van der Waals surface area contributed by atoms with Gasteiger partial charge in [0.1, 0.15) is 5.54 Å². The number of fused-ring (bicyclic) bond motifs is 1. The molecule has 0 aromatic heterocycles. The summed E-state index contributed by atoms with van der Waals surface area (Å²) < 4.78 is 0. The average molecular weight is 355 g/mol. The summed E-state index contributed by atoms with van der Waals surface area (Å²) in [6.07, 6.45) is 9.67. The molecule has 1 saturated carbocycles. The molecule has 3 aliphatic rings. The molecule has 140 valence electrons. The summed E-state index contributed by atoms with van der Waals surface area (Å²) in [5.74, 6) is 0.0736. The van der Waals surface area contributed by atoms with Gasteiger partial charge < -0.3 is 5.32 Å². The highest BCUT2D eigenvalue weighted by atomic mass is 16.2. The van der Waals surface area contributed by atoms with Crippen molar-refractivity contribution >= 4 is 23.2 Å². The molecule has 1 aliphatic carbocycles. The minimum absolute atomic E-state index is 0.00489. The average Bonchev–Trinajstić information content (AvgIpc) is 3.08. The minimum atomic E-state index is -0.686. The molecule has 1 spiro atoms. The van der Waals surface area contributed by atoms with Crippen molar-refractivity contribution in [2.45, 2.75) is 63.3 Å². The highest BCUT2D eigenvalue weighted by Gasteiger charge is 2.52. The molecular weight excluding hydrogens is 326 g/mol. The van der Waals surface area contributed by atoms with Crippen LogP contribution in [0.25, 0.3) is 0 Å². The summed E-state index contributed by atoms with van der Waals surface area (Å²) in [5, 5.41) is 3.05. The first kappa shape index (κ1) is 17.5. The number of rotatable bonds is 2. The number of amides is 2. The fourth-order valence-electron chi connectivity index (χ4n) is 4.86. The quantitative estimate of drug-likeness (QED) is 0.883. The number of likely N-dealkylation sites (tertiary alicyclic amines) is 1. The Morgan fingerprint density at radius 2 is 1.62 bits per heavy atom. The van der Waals surface area contributed by atoms with Crippen LogP contribution in [0.1, 0.15) is 57.8 Å². The maximum Gasteiger partial charge on any atom is 0.250 e. The van der Waals surface area contributed by atoms with Gasteiger partial charge in [-0.1, -0.05) is 44.2 Å². The third-order valence-electron chi connectivity index (χ3n) is 6.23. The van der Waals surface area contributed by atoms with Gasteiger partial charge in [0.05, 0.1) is 17.9 Å². The fraction of sp³-hybridized carbons (Fsp3) is 0.619. The molecule has 1 saturated heterocycles. The summed E-state index contributed by atoms with van der Waals surface area (Å²) in [6.45, 7) is 2.39. The number of carbonyl (C=O) groups excluding carboxylic acids is 2. The van der Waals surface area contributed by atoms with Crippen molar-refractivity contribution in [2.24, 2.45) is 0 Å². The first-order chi connectivity index (χ1) is 12.7. The Hall–Kier alpha value is -1.88. The maximum atomic E-state index is 13.4. The second kappa shape index (κ2) is 7.39. The van der Waals surface area contributed by atoms with Gasteiger partial charge in [0, 0.05) is 0 Å². The van der Waals surface area contributed by atoms with Crippen molar-refractivity contribution in [3.05, 3.63) is 24.3 Å². The van der Waals surface area contributed by atoms with Crippen LogP contribution in [-0.2, 0) is 9.59 Å².